The number of rotatable bonds is 6. The minimum Gasteiger partial charge on any atom is -0.208 e. The first-order valence-electron chi connectivity index (χ1n) is 17.6. The zero-order valence-corrected chi connectivity index (χ0v) is 28.2. The highest BCUT2D eigenvalue weighted by molar-refractivity contribution is 5.82. The lowest BCUT2D eigenvalue weighted by Crippen LogP contribution is -2.42. The van der Waals surface area contributed by atoms with E-state index in [-0.39, 0.29) is 5.41 Å². The molecule has 0 N–H and O–H groups in total. The monoisotopic (exact) mass is 636 g/mol. The molecule has 2 aliphatic rings. The second-order valence-corrected chi connectivity index (χ2v) is 14.5. The molecule has 0 aliphatic heterocycles. The minimum absolute atomic E-state index is 0.160. The summed E-state index contributed by atoms with van der Waals surface area (Å²) in [5, 5.41) is 10.6. The molecule has 4 heteroatoms. The molecule has 4 nitrogen and oxygen atoms in total. The van der Waals surface area contributed by atoms with Crippen molar-refractivity contribution in [2.45, 2.75) is 51.4 Å². The molecule has 0 spiro atoms. The van der Waals surface area contributed by atoms with Crippen molar-refractivity contribution in [2.75, 3.05) is 0 Å². The maximum atomic E-state index is 10.6. The van der Waals surface area contributed by atoms with E-state index in [1.165, 1.54) is 37.7 Å². The second-order valence-electron chi connectivity index (χ2n) is 14.5. The molecule has 2 unspecified atom stereocenters. The van der Waals surface area contributed by atoms with Crippen LogP contribution in [0.4, 0.5) is 0 Å². The zero-order chi connectivity index (χ0) is 33.4. The van der Waals surface area contributed by atoms with Crippen LogP contribution in [-0.2, 0) is 5.41 Å². The van der Waals surface area contributed by atoms with Crippen LogP contribution < -0.4 is 0 Å². The van der Waals surface area contributed by atoms with Gasteiger partial charge in [-0.25, -0.2) is 15.0 Å². The van der Waals surface area contributed by atoms with Crippen molar-refractivity contribution in [3.63, 3.8) is 0 Å². The Hall–Kier alpha value is -5.40. The van der Waals surface area contributed by atoms with E-state index in [4.69, 9.17) is 15.0 Å². The fraction of sp³-hybridized carbons (Fsp3) is 0.244. The fourth-order valence-electron chi connectivity index (χ4n) is 8.92. The summed E-state index contributed by atoms with van der Waals surface area (Å²) in [4.78, 5) is 15.0. The van der Waals surface area contributed by atoms with Crippen LogP contribution in [0.5, 0.6) is 0 Å². The molecule has 8 rings (SSSR count). The van der Waals surface area contributed by atoms with E-state index in [0.29, 0.717) is 29.3 Å². The van der Waals surface area contributed by atoms with Gasteiger partial charge in [0.2, 0.25) is 0 Å². The summed E-state index contributed by atoms with van der Waals surface area (Å²) < 4.78 is 0. The van der Waals surface area contributed by atoms with Crippen molar-refractivity contribution in [3.05, 3.63) is 139 Å². The molecular weight excluding hydrogens is 597 g/mol. The van der Waals surface area contributed by atoms with Gasteiger partial charge in [-0.15, -0.1) is 0 Å². The maximum Gasteiger partial charge on any atom is 0.164 e. The SMILES string of the molecule is C[C@@H]1CC2C[C@H](C)CC(c3ccc(-c4cc(-c5ccccc5)cc(-c5nc(-c6ccccc6)nc(-c6ccccc6)n5)c4)c(C#N)c3)(C2)C1. The van der Waals surface area contributed by atoms with Crippen LogP contribution in [0, 0.1) is 29.1 Å². The van der Waals surface area contributed by atoms with Gasteiger partial charge in [0.1, 0.15) is 0 Å². The highest BCUT2D eigenvalue weighted by Gasteiger charge is 2.45. The van der Waals surface area contributed by atoms with Crippen LogP contribution in [0.3, 0.4) is 0 Å². The molecule has 5 aromatic carbocycles. The summed E-state index contributed by atoms with van der Waals surface area (Å²) >= 11 is 0. The number of hydrogen-bond donors (Lipinski definition) is 0. The van der Waals surface area contributed by atoms with Gasteiger partial charge in [0.05, 0.1) is 11.6 Å². The topological polar surface area (TPSA) is 62.5 Å². The molecule has 2 saturated carbocycles. The van der Waals surface area contributed by atoms with Crippen molar-refractivity contribution < 1.29 is 0 Å². The zero-order valence-electron chi connectivity index (χ0n) is 28.2. The van der Waals surface area contributed by atoms with E-state index in [1.807, 2.05) is 66.7 Å². The average Bonchev–Trinajstić information content (AvgIpc) is 3.14. The smallest absolute Gasteiger partial charge is 0.164 e. The van der Waals surface area contributed by atoms with Crippen LogP contribution in [0.15, 0.2) is 127 Å². The molecule has 2 bridgehead atoms. The first-order valence-corrected chi connectivity index (χ1v) is 17.6. The quantitative estimate of drug-likeness (QED) is 0.182. The van der Waals surface area contributed by atoms with Crippen LogP contribution in [0.25, 0.3) is 56.4 Å². The van der Waals surface area contributed by atoms with E-state index in [1.54, 1.807) is 0 Å². The van der Waals surface area contributed by atoms with Crippen molar-refractivity contribution in [1.82, 2.24) is 15.0 Å². The first kappa shape index (κ1) is 30.9. The van der Waals surface area contributed by atoms with Crippen LogP contribution in [-0.4, -0.2) is 15.0 Å². The predicted molar refractivity (Wildman–Crippen MR) is 198 cm³/mol. The Morgan fingerprint density at radius 2 is 1.02 bits per heavy atom. The molecule has 0 radical (unpaired) electrons. The number of nitrogens with zero attached hydrogens (tertiary/aromatic N) is 4. The van der Waals surface area contributed by atoms with Crippen LogP contribution in [0.2, 0.25) is 0 Å². The van der Waals surface area contributed by atoms with Gasteiger partial charge in [-0.05, 0) is 107 Å². The molecular formula is C45H40N4. The lowest BCUT2D eigenvalue weighted by molar-refractivity contribution is 0.0780. The molecule has 2 aliphatic carbocycles. The largest absolute Gasteiger partial charge is 0.208 e. The third-order valence-corrected chi connectivity index (χ3v) is 10.7. The summed E-state index contributed by atoms with van der Waals surface area (Å²) in [6, 6.07) is 46.4. The Bertz CT molecular complexity index is 2070. The van der Waals surface area contributed by atoms with Crippen LogP contribution in [0.1, 0.15) is 57.1 Å². The average molecular weight is 637 g/mol. The van der Waals surface area contributed by atoms with E-state index in [2.05, 4.69) is 80.6 Å². The van der Waals surface area contributed by atoms with Gasteiger partial charge < -0.3 is 0 Å². The first-order chi connectivity index (χ1) is 24.0. The molecule has 4 atom stereocenters. The lowest BCUT2D eigenvalue weighted by atomic mass is 9.54. The predicted octanol–water partition coefficient (Wildman–Crippen LogP) is 11.2. The van der Waals surface area contributed by atoms with Gasteiger partial charge in [0.15, 0.2) is 17.5 Å². The van der Waals surface area contributed by atoms with E-state index in [9.17, 15) is 5.26 Å². The van der Waals surface area contributed by atoms with Crippen molar-refractivity contribution in [1.29, 1.82) is 5.26 Å². The standard InChI is InChI=1S/C45H40N4/c1-30-20-32-21-31(2)27-45(26-30,28-32)40-18-19-41(39(25-40)29-46)37-22-36(33-12-6-3-7-13-33)23-38(24-37)44-48-42(34-14-8-4-9-15-34)47-43(49-44)35-16-10-5-11-17-35/h3-19,22-25,30-32H,20-21,26-28H2,1-2H3/t30-,31+,32?,45?. The Kier molecular flexibility index (Phi) is 8.14. The summed E-state index contributed by atoms with van der Waals surface area (Å²) in [6.07, 6.45) is 6.32. The van der Waals surface area contributed by atoms with Gasteiger partial charge >= 0.3 is 0 Å². The van der Waals surface area contributed by atoms with E-state index >= 15 is 0 Å². The summed E-state index contributed by atoms with van der Waals surface area (Å²) in [6.45, 7) is 4.83. The highest BCUT2D eigenvalue weighted by Crippen LogP contribution is 2.54. The maximum absolute atomic E-state index is 10.6. The molecule has 0 saturated heterocycles. The third-order valence-electron chi connectivity index (χ3n) is 10.7. The number of hydrogen-bond acceptors (Lipinski definition) is 4. The van der Waals surface area contributed by atoms with Gasteiger partial charge in [-0.3, -0.25) is 0 Å². The second kappa shape index (κ2) is 12.9. The normalized spacial score (nSPS) is 21.5. The van der Waals surface area contributed by atoms with Crippen molar-refractivity contribution in [2.24, 2.45) is 17.8 Å². The van der Waals surface area contributed by atoms with Gasteiger partial charge in [-0.1, -0.05) is 117 Å². The fourth-order valence-corrected chi connectivity index (χ4v) is 8.92. The summed E-state index contributed by atoms with van der Waals surface area (Å²) in [5.41, 5.74) is 9.03. The summed E-state index contributed by atoms with van der Waals surface area (Å²) in [7, 11) is 0. The van der Waals surface area contributed by atoms with Crippen LogP contribution >= 0.6 is 0 Å². The minimum atomic E-state index is 0.160. The number of aromatic nitrogens is 3. The molecule has 0 amide bonds. The Morgan fingerprint density at radius 1 is 0.531 bits per heavy atom. The van der Waals surface area contributed by atoms with Crippen molar-refractivity contribution in [3.8, 4) is 62.5 Å². The third kappa shape index (κ3) is 6.18. The summed E-state index contributed by atoms with van der Waals surface area (Å²) in [5.74, 6) is 4.05. The number of nitriles is 1. The van der Waals surface area contributed by atoms with Gasteiger partial charge in [-0.2, -0.15) is 5.26 Å². The lowest BCUT2D eigenvalue weighted by Gasteiger charge is -2.50. The number of fused-ring (bicyclic) bond motifs is 2. The van der Waals surface area contributed by atoms with E-state index < -0.39 is 0 Å². The molecule has 1 heterocycles. The number of benzene rings is 5. The Morgan fingerprint density at radius 3 is 1.57 bits per heavy atom. The molecule has 6 aromatic rings. The Balaban J connectivity index is 1.29. The Labute approximate surface area is 289 Å². The molecule has 2 fully saturated rings. The van der Waals surface area contributed by atoms with Gasteiger partial charge in [0.25, 0.3) is 0 Å². The van der Waals surface area contributed by atoms with E-state index in [0.717, 1.165) is 50.4 Å². The highest BCUT2D eigenvalue weighted by atomic mass is 15.0. The van der Waals surface area contributed by atoms with Crippen molar-refractivity contribution >= 4 is 0 Å². The molecule has 49 heavy (non-hydrogen) atoms. The van der Waals surface area contributed by atoms with Gasteiger partial charge in [0, 0.05) is 16.7 Å². The molecule has 240 valence electrons. The molecule has 1 aromatic heterocycles.